The molecule has 1 unspecified atom stereocenters. The van der Waals surface area contributed by atoms with Crippen LogP contribution in [0.1, 0.15) is 18.7 Å². The molecular formula is C18H24F3N7OS. The Morgan fingerprint density at radius 1 is 1.37 bits per heavy atom. The normalized spacial score (nSPS) is 16.3. The number of halogens is 3. The molecule has 0 aliphatic carbocycles. The average Bonchev–Trinajstić information content (AvgIpc) is 3.13. The van der Waals surface area contributed by atoms with Crippen molar-refractivity contribution in [2.75, 3.05) is 43.0 Å². The van der Waals surface area contributed by atoms with E-state index >= 15 is 0 Å². The maximum Gasteiger partial charge on any atom is 0.449 e. The fourth-order valence-corrected chi connectivity index (χ4v) is 4.02. The Bertz CT molecular complexity index is 946. The quantitative estimate of drug-likeness (QED) is 0.403. The number of aliphatic hydroxyl groups excluding tert-OH is 1. The molecule has 0 amide bonds. The molecule has 4 N–H and O–H groups in total. The molecule has 0 bridgehead atoms. The number of hydrogen-bond donors (Lipinski definition) is 4. The number of nitrogens with one attached hydrogen (secondary N) is 3. The van der Waals surface area contributed by atoms with E-state index in [-0.39, 0.29) is 38.0 Å². The summed E-state index contributed by atoms with van der Waals surface area (Å²) >= 11 is 1.53. The van der Waals surface area contributed by atoms with Crippen molar-refractivity contribution in [1.82, 2.24) is 14.9 Å². The van der Waals surface area contributed by atoms with Gasteiger partial charge in [-0.1, -0.05) is 13.8 Å². The van der Waals surface area contributed by atoms with Gasteiger partial charge in [0.1, 0.15) is 16.5 Å². The van der Waals surface area contributed by atoms with E-state index in [4.69, 9.17) is 10.8 Å². The van der Waals surface area contributed by atoms with E-state index in [1.54, 1.807) is 4.90 Å². The standard InChI is InChI=1S/C18H24F3N7OS/c1-3-11-6-12-14(25-17(26-15(12)30-11)24-7-10(2)9-29)27-4-5-28(13(22)8-27)16(23)18(19,20)21/h6,10,22-23,29H,3-5,7-9H2,1-2H3,(H,24,25,26). The van der Waals surface area contributed by atoms with Gasteiger partial charge in [-0.25, -0.2) is 4.98 Å². The first-order valence-electron chi connectivity index (χ1n) is 9.54. The number of rotatable bonds is 6. The third kappa shape index (κ3) is 4.64. The van der Waals surface area contributed by atoms with Crippen LogP contribution >= 0.6 is 11.3 Å². The lowest BCUT2D eigenvalue weighted by Gasteiger charge is -2.37. The van der Waals surface area contributed by atoms with Crippen LogP contribution in [0.2, 0.25) is 0 Å². The van der Waals surface area contributed by atoms with Crippen LogP contribution in [-0.4, -0.2) is 70.6 Å². The number of aliphatic hydroxyl groups is 1. The van der Waals surface area contributed by atoms with Crippen molar-refractivity contribution in [3.05, 3.63) is 10.9 Å². The minimum absolute atomic E-state index is 0.00684. The van der Waals surface area contributed by atoms with Gasteiger partial charge in [0, 0.05) is 31.1 Å². The summed E-state index contributed by atoms with van der Waals surface area (Å²) in [5, 5.41) is 28.5. The molecule has 2 aromatic heterocycles. The first kappa shape index (κ1) is 22.2. The van der Waals surface area contributed by atoms with Crippen molar-refractivity contribution in [3.8, 4) is 0 Å². The summed E-state index contributed by atoms with van der Waals surface area (Å²) in [4.78, 5) is 13.4. The third-order valence-electron chi connectivity index (χ3n) is 4.79. The van der Waals surface area contributed by atoms with Crippen LogP contribution in [0.25, 0.3) is 10.2 Å². The SMILES string of the molecule is CCc1cc2c(N3CCN(C(=N)C(F)(F)F)C(=N)C3)nc(NCC(C)CO)nc2s1. The van der Waals surface area contributed by atoms with Crippen LogP contribution in [0.5, 0.6) is 0 Å². The Kier molecular flexibility index (Phi) is 6.46. The number of nitrogens with zero attached hydrogens (tertiary/aromatic N) is 4. The van der Waals surface area contributed by atoms with E-state index < -0.39 is 12.0 Å². The lowest BCUT2D eigenvalue weighted by molar-refractivity contribution is -0.0671. The number of hydrogen-bond acceptors (Lipinski definition) is 8. The molecule has 1 aliphatic heterocycles. The molecule has 1 atom stereocenters. The second kappa shape index (κ2) is 8.72. The Hall–Kier alpha value is -2.47. The van der Waals surface area contributed by atoms with E-state index in [2.05, 4.69) is 15.3 Å². The predicted molar refractivity (Wildman–Crippen MR) is 112 cm³/mol. The predicted octanol–water partition coefficient (Wildman–Crippen LogP) is 2.93. The molecule has 164 valence electrons. The number of anilines is 2. The van der Waals surface area contributed by atoms with Crippen molar-refractivity contribution < 1.29 is 18.3 Å². The lowest BCUT2D eigenvalue weighted by atomic mass is 10.2. The summed E-state index contributed by atoms with van der Waals surface area (Å²) in [6.45, 7) is 4.37. The van der Waals surface area contributed by atoms with Crippen LogP contribution < -0.4 is 10.2 Å². The maximum atomic E-state index is 12.9. The van der Waals surface area contributed by atoms with Gasteiger partial charge in [-0.05, 0) is 18.4 Å². The third-order valence-corrected chi connectivity index (χ3v) is 5.96. The number of piperazine rings is 1. The van der Waals surface area contributed by atoms with Crippen LogP contribution in [-0.2, 0) is 6.42 Å². The summed E-state index contributed by atoms with van der Waals surface area (Å²) in [5.74, 6) is -0.890. The van der Waals surface area contributed by atoms with Gasteiger partial charge in [-0.3, -0.25) is 10.8 Å². The zero-order valence-electron chi connectivity index (χ0n) is 16.7. The van der Waals surface area contributed by atoms with Gasteiger partial charge in [0.25, 0.3) is 0 Å². The number of alkyl halides is 3. The minimum atomic E-state index is -4.79. The molecule has 0 radical (unpaired) electrons. The van der Waals surface area contributed by atoms with Crippen molar-refractivity contribution in [2.45, 2.75) is 26.4 Å². The second-order valence-electron chi connectivity index (χ2n) is 7.19. The molecule has 0 saturated carbocycles. The Morgan fingerprint density at radius 3 is 2.70 bits per heavy atom. The van der Waals surface area contributed by atoms with Crippen LogP contribution in [0, 0.1) is 16.7 Å². The van der Waals surface area contributed by atoms with E-state index in [9.17, 15) is 18.3 Å². The lowest BCUT2D eigenvalue weighted by Crippen LogP contribution is -2.55. The molecule has 0 spiro atoms. The number of amidine groups is 2. The van der Waals surface area contributed by atoms with Gasteiger partial charge in [-0.2, -0.15) is 18.2 Å². The maximum absolute atomic E-state index is 12.9. The first-order valence-corrected chi connectivity index (χ1v) is 10.4. The van der Waals surface area contributed by atoms with Gasteiger partial charge in [0.05, 0.1) is 11.9 Å². The van der Waals surface area contributed by atoms with Gasteiger partial charge in [0.15, 0.2) is 0 Å². The summed E-state index contributed by atoms with van der Waals surface area (Å²) in [6.07, 6.45) is -3.97. The molecule has 8 nitrogen and oxygen atoms in total. The van der Waals surface area contributed by atoms with Crippen molar-refractivity contribution in [3.63, 3.8) is 0 Å². The van der Waals surface area contributed by atoms with E-state index in [1.807, 2.05) is 19.9 Å². The monoisotopic (exact) mass is 443 g/mol. The smallest absolute Gasteiger partial charge is 0.396 e. The topological polar surface area (TPSA) is 112 Å². The largest absolute Gasteiger partial charge is 0.449 e. The average molecular weight is 443 g/mol. The highest BCUT2D eigenvalue weighted by molar-refractivity contribution is 7.18. The fourth-order valence-electron chi connectivity index (χ4n) is 3.06. The van der Waals surface area contributed by atoms with Crippen LogP contribution in [0.15, 0.2) is 6.07 Å². The summed E-state index contributed by atoms with van der Waals surface area (Å²) in [7, 11) is 0. The molecule has 2 aromatic rings. The zero-order valence-corrected chi connectivity index (χ0v) is 17.5. The molecule has 30 heavy (non-hydrogen) atoms. The number of aryl methyl sites for hydroxylation is 1. The van der Waals surface area contributed by atoms with Crippen molar-refractivity contribution >= 4 is 45.0 Å². The Labute approximate surface area is 175 Å². The number of thiophene rings is 1. The highest BCUT2D eigenvalue weighted by atomic mass is 32.1. The van der Waals surface area contributed by atoms with Gasteiger partial charge < -0.3 is 20.2 Å². The van der Waals surface area contributed by atoms with E-state index in [1.165, 1.54) is 11.3 Å². The van der Waals surface area contributed by atoms with Gasteiger partial charge in [-0.15, -0.1) is 11.3 Å². The van der Waals surface area contributed by atoms with Gasteiger partial charge in [0.2, 0.25) is 11.8 Å². The molecule has 1 aliphatic rings. The summed E-state index contributed by atoms with van der Waals surface area (Å²) in [5.41, 5.74) is 0. The first-order chi connectivity index (χ1) is 14.1. The van der Waals surface area contributed by atoms with Crippen molar-refractivity contribution in [1.29, 1.82) is 10.8 Å². The van der Waals surface area contributed by atoms with Crippen LogP contribution in [0.3, 0.4) is 0 Å². The summed E-state index contributed by atoms with van der Waals surface area (Å²) < 4.78 is 38.7. The molecule has 12 heteroatoms. The summed E-state index contributed by atoms with van der Waals surface area (Å²) in [6, 6.07) is 1.98. The van der Waals surface area contributed by atoms with E-state index in [0.29, 0.717) is 23.2 Å². The molecular weight excluding hydrogens is 419 g/mol. The van der Waals surface area contributed by atoms with Gasteiger partial charge >= 0.3 is 6.18 Å². The highest BCUT2D eigenvalue weighted by Crippen LogP contribution is 2.33. The molecule has 0 aromatic carbocycles. The fraction of sp³-hybridized carbons (Fsp3) is 0.556. The zero-order chi connectivity index (χ0) is 22.1. The van der Waals surface area contributed by atoms with Crippen LogP contribution in [0.4, 0.5) is 24.9 Å². The molecule has 3 rings (SSSR count). The number of fused-ring (bicyclic) bond motifs is 1. The van der Waals surface area contributed by atoms with E-state index in [0.717, 1.165) is 21.5 Å². The molecule has 3 heterocycles. The molecule has 1 fully saturated rings. The highest BCUT2D eigenvalue weighted by Gasteiger charge is 2.41. The minimum Gasteiger partial charge on any atom is -0.396 e. The molecule has 1 saturated heterocycles. The number of aromatic nitrogens is 2. The Balaban J connectivity index is 1.89. The second-order valence-corrected chi connectivity index (χ2v) is 8.31. The van der Waals surface area contributed by atoms with Crippen molar-refractivity contribution in [2.24, 2.45) is 5.92 Å². The Morgan fingerprint density at radius 2 is 2.10 bits per heavy atom.